The molecule has 2 aliphatic rings. The van der Waals surface area contributed by atoms with E-state index in [2.05, 4.69) is 281 Å². The third-order valence-electron chi connectivity index (χ3n) is 18.4. The van der Waals surface area contributed by atoms with E-state index in [0.29, 0.717) is 23.3 Å². The van der Waals surface area contributed by atoms with Crippen LogP contribution in [0, 0.1) is 0 Å². The first-order chi connectivity index (χ1) is 46.6. The number of hydrogen-bond donors (Lipinski definition) is 0. The summed E-state index contributed by atoms with van der Waals surface area (Å²) in [5.41, 5.74) is 25.1. The second kappa shape index (κ2) is 22.7. The lowest BCUT2D eigenvalue weighted by molar-refractivity contribution is 1.07. The van der Waals surface area contributed by atoms with Crippen molar-refractivity contribution < 1.29 is 0 Å². The van der Waals surface area contributed by atoms with Crippen molar-refractivity contribution in [3.8, 4) is 96.0 Å². The predicted octanol–water partition coefficient (Wildman–Crippen LogP) is 19.2. The van der Waals surface area contributed by atoms with E-state index in [1.807, 2.05) is 66.7 Å². The molecule has 8 nitrogen and oxygen atoms in total. The Balaban J connectivity index is 0.809. The summed E-state index contributed by atoms with van der Waals surface area (Å²) in [7, 11) is 0. The smallest absolute Gasteiger partial charge is 0.252 e. The zero-order chi connectivity index (χ0) is 62.1. The molecule has 0 saturated carbocycles. The zero-order valence-corrected chi connectivity index (χ0v) is 50.9. The summed E-state index contributed by atoms with van der Waals surface area (Å²) >= 11 is 0. The summed E-state index contributed by atoms with van der Waals surface area (Å²) in [6, 6.07) is 119. The molecule has 0 bridgehead atoms. The highest BCUT2D eigenvalue weighted by Gasteiger charge is 2.43. The van der Waals surface area contributed by atoms with Crippen LogP contribution in [0.4, 0.5) is 34.1 Å². The highest BCUT2D eigenvalue weighted by Crippen LogP contribution is 2.46. The first-order valence-electron chi connectivity index (χ1n) is 31.8. The zero-order valence-electron chi connectivity index (χ0n) is 50.9. The van der Waals surface area contributed by atoms with Crippen molar-refractivity contribution in [3.05, 3.63) is 334 Å². The first-order valence-corrected chi connectivity index (χ1v) is 31.8. The number of nitrogens with zero attached hydrogens (tertiary/aromatic N) is 8. The summed E-state index contributed by atoms with van der Waals surface area (Å²) in [4.78, 5) is 31.8. The van der Waals surface area contributed by atoms with Crippen LogP contribution in [0.2, 0.25) is 0 Å². The monoisotopic (exact) mass is 1200 g/mol. The molecule has 0 radical (unpaired) electrons. The maximum atomic E-state index is 5.71. The topological polar surface area (TPSA) is 75.9 Å². The van der Waals surface area contributed by atoms with Gasteiger partial charge in [0.05, 0.1) is 28.1 Å². The van der Waals surface area contributed by atoms with Crippen LogP contribution in [0.25, 0.3) is 118 Å². The molecule has 0 spiro atoms. The Morgan fingerprint density at radius 3 is 1.34 bits per heavy atom. The molecule has 0 saturated heterocycles. The number of anilines is 6. The second-order valence-corrected chi connectivity index (χ2v) is 23.9. The number of para-hydroxylation sites is 4. The fourth-order valence-electron chi connectivity index (χ4n) is 14.2. The van der Waals surface area contributed by atoms with E-state index in [4.69, 9.17) is 24.9 Å². The third kappa shape index (κ3) is 9.36. The van der Waals surface area contributed by atoms with E-state index in [9.17, 15) is 0 Å². The summed E-state index contributed by atoms with van der Waals surface area (Å²) in [6.45, 7) is 0.0471. The Kier molecular flexibility index (Phi) is 13.1. The van der Waals surface area contributed by atoms with Gasteiger partial charge < -0.3 is 14.4 Å². The highest BCUT2D eigenvalue weighted by molar-refractivity contribution is 7.00. The van der Waals surface area contributed by atoms with Gasteiger partial charge in [-0.25, -0.2) is 24.9 Å². The van der Waals surface area contributed by atoms with E-state index in [1.54, 1.807) is 0 Å². The Labute approximate surface area is 544 Å². The molecule has 9 heteroatoms. The van der Waals surface area contributed by atoms with Gasteiger partial charge in [0.25, 0.3) is 6.71 Å². The number of rotatable bonds is 11. The van der Waals surface area contributed by atoms with Crippen molar-refractivity contribution in [3.63, 3.8) is 0 Å². The van der Waals surface area contributed by atoms with Crippen LogP contribution in [-0.2, 0) is 0 Å². The summed E-state index contributed by atoms with van der Waals surface area (Å²) < 4.78 is 2.37. The first kappa shape index (κ1) is 54.4. The largest absolute Gasteiger partial charge is 0.311 e. The van der Waals surface area contributed by atoms with E-state index >= 15 is 0 Å². The average molecular weight is 1200 g/mol. The third-order valence-corrected chi connectivity index (χ3v) is 18.4. The van der Waals surface area contributed by atoms with Gasteiger partial charge in [0.2, 0.25) is 0 Å². The van der Waals surface area contributed by atoms with Gasteiger partial charge in [0.15, 0.2) is 23.3 Å². The molecule has 0 aliphatic carbocycles. The fraction of sp³-hybridized carbons (Fsp3) is 0. The normalized spacial score (nSPS) is 12.2. The van der Waals surface area contributed by atoms with E-state index in [1.165, 1.54) is 27.8 Å². The van der Waals surface area contributed by atoms with E-state index < -0.39 is 0 Å². The Morgan fingerprint density at radius 1 is 0.234 bits per heavy atom. The van der Waals surface area contributed by atoms with E-state index in [-0.39, 0.29) is 6.71 Å². The molecule has 438 valence electrons. The van der Waals surface area contributed by atoms with Crippen molar-refractivity contribution in [2.75, 3.05) is 9.80 Å². The van der Waals surface area contributed by atoms with Gasteiger partial charge in [-0.1, -0.05) is 237 Å². The molecule has 0 fully saturated rings. The molecule has 3 aromatic heterocycles. The lowest BCUT2D eigenvalue weighted by atomic mass is 9.33. The molecule has 16 aromatic rings. The molecular formula is C85H55BN8. The quantitative estimate of drug-likeness (QED) is 0.119. The average Bonchev–Trinajstić information content (AvgIpc) is 0.838. The highest BCUT2D eigenvalue weighted by atomic mass is 15.2. The maximum Gasteiger partial charge on any atom is 0.252 e. The van der Waals surface area contributed by atoms with Crippen molar-refractivity contribution >= 4 is 79.0 Å². The number of benzene rings is 13. The number of fused-ring (bicyclic) bond motifs is 7. The summed E-state index contributed by atoms with van der Waals surface area (Å²) in [5, 5.41) is 2.28. The van der Waals surface area contributed by atoms with Crippen LogP contribution in [0.3, 0.4) is 0 Å². The molecule has 2 aliphatic heterocycles. The lowest BCUT2D eigenvalue weighted by Gasteiger charge is -2.44. The van der Waals surface area contributed by atoms with Gasteiger partial charge in [-0.2, -0.15) is 0 Å². The van der Waals surface area contributed by atoms with Gasteiger partial charge in [-0.3, -0.25) is 0 Å². The molecule has 13 aromatic carbocycles. The van der Waals surface area contributed by atoms with Crippen LogP contribution in [0.15, 0.2) is 334 Å². The fourth-order valence-corrected chi connectivity index (χ4v) is 14.2. The van der Waals surface area contributed by atoms with Crippen LogP contribution in [0.1, 0.15) is 0 Å². The standard InChI is InChI=1S/C85H55BN8/c1-6-25-56(26-7-1)62-47-49-75-68(53-62)67-39-16-19-42-74(67)94(75)76-50-48-64(84-90-82(58-29-10-3-11-30-58)89-83(91-84)59-31-12-4-13-32-59)54-69(76)85-87-72(57-27-8-2-9-28-57)55-73(88-85)63-35-22-33-60(51-63)61-34-23-38-66(52-61)93-78-44-21-18-41-71(78)86-70-40-17-20-43-77(70)92(65-36-14-5-15-37-65)79-45-24-46-80(93)81(79)86/h1-55H. The van der Waals surface area contributed by atoms with Crippen LogP contribution < -0.4 is 26.2 Å². The molecule has 0 unspecified atom stereocenters. The van der Waals surface area contributed by atoms with Crippen molar-refractivity contribution in [2.45, 2.75) is 0 Å². The Hall–Kier alpha value is -12.6. The Morgan fingerprint density at radius 2 is 0.681 bits per heavy atom. The van der Waals surface area contributed by atoms with Crippen molar-refractivity contribution in [2.24, 2.45) is 0 Å². The van der Waals surface area contributed by atoms with Gasteiger partial charge in [0, 0.05) is 78.3 Å². The maximum absolute atomic E-state index is 5.71. The van der Waals surface area contributed by atoms with Gasteiger partial charge in [0.1, 0.15) is 0 Å². The van der Waals surface area contributed by atoms with Crippen molar-refractivity contribution in [1.29, 1.82) is 0 Å². The van der Waals surface area contributed by atoms with Gasteiger partial charge in [-0.05, 0) is 136 Å². The predicted molar refractivity (Wildman–Crippen MR) is 387 cm³/mol. The summed E-state index contributed by atoms with van der Waals surface area (Å²) in [5.74, 6) is 2.24. The SMILES string of the molecule is c1ccc(-c2ccc3c(c2)c2ccccc2n3-c2ccc(-c3nc(-c4ccccc4)nc(-c4ccccc4)n3)cc2-c2nc(-c3ccccc3)cc(-c3cccc(-c4cccc(N5c6ccccc6B6c7ccccc7N(c7ccccc7)c7cccc5c76)c4)c3)n2)cc1. The number of hydrogen-bond acceptors (Lipinski definition) is 7. The minimum atomic E-state index is 0.0471. The van der Waals surface area contributed by atoms with Crippen LogP contribution >= 0.6 is 0 Å². The minimum Gasteiger partial charge on any atom is -0.311 e. The van der Waals surface area contributed by atoms with E-state index in [0.717, 1.165) is 117 Å². The summed E-state index contributed by atoms with van der Waals surface area (Å²) in [6.07, 6.45) is 0. The van der Waals surface area contributed by atoms with Crippen LogP contribution in [-0.4, -0.2) is 36.2 Å². The molecular weight excluding hydrogens is 1140 g/mol. The molecule has 0 amide bonds. The molecule has 94 heavy (non-hydrogen) atoms. The lowest BCUT2D eigenvalue weighted by Crippen LogP contribution is -2.61. The number of aromatic nitrogens is 6. The Bertz CT molecular complexity index is 5530. The molecule has 5 heterocycles. The molecule has 0 N–H and O–H groups in total. The second-order valence-electron chi connectivity index (χ2n) is 23.9. The molecule has 0 atom stereocenters. The minimum absolute atomic E-state index is 0.0471. The van der Waals surface area contributed by atoms with Gasteiger partial charge in [-0.15, -0.1) is 0 Å². The van der Waals surface area contributed by atoms with Gasteiger partial charge >= 0.3 is 0 Å². The van der Waals surface area contributed by atoms with Crippen molar-refractivity contribution in [1.82, 2.24) is 29.5 Å². The van der Waals surface area contributed by atoms with Crippen LogP contribution in [0.5, 0.6) is 0 Å². The molecule has 18 rings (SSSR count).